The van der Waals surface area contributed by atoms with E-state index < -0.39 is 0 Å². The quantitative estimate of drug-likeness (QED) is 0.357. The predicted octanol–water partition coefficient (Wildman–Crippen LogP) is 1.29. The Hall–Kier alpha value is -1.84. The first-order valence-corrected chi connectivity index (χ1v) is 4.01. The van der Waals surface area contributed by atoms with Crippen molar-refractivity contribution < 1.29 is 9.90 Å². The predicted molar refractivity (Wildman–Crippen MR) is 55.6 cm³/mol. The highest BCUT2D eigenvalue weighted by Gasteiger charge is 1.96. The Morgan fingerprint density at radius 1 is 1.36 bits per heavy atom. The molecule has 1 aromatic carbocycles. The van der Waals surface area contributed by atoms with Crippen molar-refractivity contribution in [3.8, 4) is 0 Å². The summed E-state index contributed by atoms with van der Waals surface area (Å²) < 4.78 is 0. The molecule has 0 fully saturated rings. The lowest BCUT2D eigenvalue weighted by Gasteiger charge is -2.01. The zero-order valence-corrected chi connectivity index (χ0v) is 8.24. The number of rotatable bonds is 1. The molecule has 0 amide bonds. The third kappa shape index (κ3) is 4.25. The highest BCUT2D eigenvalue weighted by atomic mass is 16.3. The monoisotopic (exact) mass is 194 g/mol. The molecule has 0 unspecified atom stereocenters. The number of carbonyl (C=O) groups is 1. The number of amidine groups is 1. The second kappa shape index (κ2) is 5.75. The number of nitrogens with two attached hydrogens (primary N) is 1. The van der Waals surface area contributed by atoms with Crippen molar-refractivity contribution in [2.75, 3.05) is 0 Å². The molecule has 76 valence electrons. The first kappa shape index (κ1) is 12.2. The molecule has 1 aromatic rings. The number of carboxylic acid groups (broad SMARTS) is 1. The molecule has 0 heterocycles. The molecule has 4 nitrogen and oxygen atoms in total. The van der Waals surface area contributed by atoms with Crippen LogP contribution in [-0.2, 0) is 4.79 Å². The Bertz CT molecular complexity index is 315. The summed E-state index contributed by atoms with van der Waals surface area (Å²) in [6.07, 6.45) is 0. The van der Waals surface area contributed by atoms with Gasteiger partial charge in [-0.05, 0) is 26.0 Å². The second-order valence-corrected chi connectivity index (χ2v) is 2.90. The van der Waals surface area contributed by atoms with Crippen molar-refractivity contribution in [1.82, 2.24) is 0 Å². The Balaban J connectivity index is 0.000000500. The molecule has 0 aliphatic heterocycles. The lowest BCUT2D eigenvalue weighted by molar-refractivity contribution is -0.122. The molecule has 0 atom stereocenters. The Morgan fingerprint density at radius 3 is 2.00 bits per heavy atom. The van der Waals surface area contributed by atoms with Crippen molar-refractivity contribution in [3.05, 3.63) is 34.9 Å². The summed E-state index contributed by atoms with van der Waals surface area (Å²) in [4.78, 5) is 8.36. The molecule has 0 saturated carbocycles. The van der Waals surface area contributed by atoms with E-state index in [4.69, 9.17) is 21.0 Å². The number of aryl methyl sites for hydroxylation is 2. The molecule has 0 bridgehead atoms. The van der Waals surface area contributed by atoms with Gasteiger partial charge in [0.1, 0.15) is 5.84 Å². The summed E-state index contributed by atoms with van der Waals surface area (Å²) in [7, 11) is 0. The van der Waals surface area contributed by atoms with Crippen LogP contribution in [0.3, 0.4) is 0 Å². The molecule has 0 spiro atoms. The van der Waals surface area contributed by atoms with Gasteiger partial charge in [-0.15, -0.1) is 0 Å². The van der Waals surface area contributed by atoms with Gasteiger partial charge in [-0.25, -0.2) is 0 Å². The molecule has 0 aromatic heterocycles. The van der Waals surface area contributed by atoms with Crippen LogP contribution < -0.4 is 5.73 Å². The van der Waals surface area contributed by atoms with Gasteiger partial charge < -0.3 is 10.8 Å². The maximum Gasteiger partial charge on any atom is 0.290 e. The van der Waals surface area contributed by atoms with Gasteiger partial charge in [0.25, 0.3) is 6.47 Å². The van der Waals surface area contributed by atoms with Gasteiger partial charge in [0.15, 0.2) is 0 Å². The Labute approximate surface area is 82.9 Å². The average molecular weight is 194 g/mol. The van der Waals surface area contributed by atoms with Gasteiger partial charge in [-0.2, -0.15) is 0 Å². The smallest absolute Gasteiger partial charge is 0.290 e. The van der Waals surface area contributed by atoms with E-state index in [1.807, 2.05) is 26.0 Å². The first-order valence-electron chi connectivity index (χ1n) is 4.01. The van der Waals surface area contributed by atoms with Crippen LogP contribution >= 0.6 is 0 Å². The van der Waals surface area contributed by atoms with Crippen LogP contribution in [0.25, 0.3) is 0 Å². The molecule has 0 saturated heterocycles. The number of benzene rings is 1. The van der Waals surface area contributed by atoms with Gasteiger partial charge in [-0.1, -0.05) is 17.2 Å². The van der Waals surface area contributed by atoms with Crippen molar-refractivity contribution >= 4 is 12.3 Å². The number of nitrogens with one attached hydrogen (secondary N) is 1. The van der Waals surface area contributed by atoms with Crippen molar-refractivity contribution in [3.63, 3.8) is 0 Å². The lowest BCUT2D eigenvalue weighted by Crippen LogP contribution is -2.11. The summed E-state index contributed by atoms with van der Waals surface area (Å²) in [5, 5.41) is 14.1. The van der Waals surface area contributed by atoms with E-state index in [0.717, 1.165) is 16.7 Å². The summed E-state index contributed by atoms with van der Waals surface area (Å²) in [5.41, 5.74) is 8.44. The van der Waals surface area contributed by atoms with E-state index in [1.54, 1.807) is 0 Å². The summed E-state index contributed by atoms with van der Waals surface area (Å²) in [6.45, 7) is 3.75. The molecule has 4 heteroatoms. The van der Waals surface area contributed by atoms with Crippen LogP contribution in [0.15, 0.2) is 18.2 Å². The molecule has 0 aliphatic rings. The molecular weight excluding hydrogens is 180 g/mol. The summed E-state index contributed by atoms with van der Waals surface area (Å²) in [5.74, 6) is 0.136. The fourth-order valence-electron chi connectivity index (χ4n) is 1.13. The molecular formula is C10H14N2O2. The fourth-order valence-corrected chi connectivity index (χ4v) is 1.13. The number of hydrogen-bond acceptors (Lipinski definition) is 2. The first-order chi connectivity index (χ1) is 6.51. The van der Waals surface area contributed by atoms with Crippen LogP contribution in [0.2, 0.25) is 0 Å². The van der Waals surface area contributed by atoms with Crippen LogP contribution in [-0.4, -0.2) is 17.4 Å². The molecule has 0 radical (unpaired) electrons. The van der Waals surface area contributed by atoms with Gasteiger partial charge in [0, 0.05) is 5.56 Å². The van der Waals surface area contributed by atoms with Gasteiger partial charge in [-0.3, -0.25) is 10.2 Å². The Kier molecular flexibility index (Phi) is 4.99. The minimum absolute atomic E-state index is 0.136. The van der Waals surface area contributed by atoms with Gasteiger partial charge in [0.05, 0.1) is 0 Å². The topological polar surface area (TPSA) is 87.2 Å². The van der Waals surface area contributed by atoms with Crippen LogP contribution in [0.5, 0.6) is 0 Å². The summed E-state index contributed by atoms with van der Waals surface area (Å²) >= 11 is 0. The second-order valence-electron chi connectivity index (χ2n) is 2.90. The van der Waals surface area contributed by atoms with E-state index >= 15 is 0 Å². The largest absolute Gasteiger partial charge is 0.483 e. The average Bonchev–Trinajstić information content (AvgIpc) is 2.03. The van der Waals surface area contributed by atoms with Crippen molar-refractivity contribution in [2.45, 2.75) is 13.8 Å². The SMILES string of the molecule is Cc1cc(C)cc(C(=N)N)c1.O=CO. The third-order valence-electron chi connectivity index (χ3n) is 1.53. The van der Waals surface area contributed by atoms with Gasteiger partial charge in [0.2, 0.25) is 0 Å². The van der Waals surface area contributed by atoms with Crippen molar-refractivity contribution in [1.29, 1.82) is 5.41 Å². The van der Waals surface area contributed by atoms with E-state index in [1.165, 1.54) is 0 Å². The lowest BCUT2D eigenvalue weighted by atomic mass is 10.1. The fraction of sp³-hybridized carbons (Fsp3) is 0.200. The van der Waals surface area contributed by atoms with Crippen molar-refractivity contribution in [2.24, 2.45) is 5.73 Å². The van der Waals surface area contributed by atoms with Gasteiger partial charge >= 0.3 is 0 Å². The number of nitrogen functional groups attached to an aromatic ring is 1. The molecule has 4 N–H and O–H groups in total. The van der Waals surface area contributed by atoms with Crippen LogP contribution in [0, 0.1) is 19.3 Å². The third-order valence-corrected chi connectivity index (χ3v) is 1.53. The van der Waals surface area contributed by atoms with Crippen LogP contribution in [0.4, 0.5) is 0 Å². The molecule has 14 heavy (non-hydrogen) atoms. The highest BCUT2D eigenvalue weighted by molar-refractivity contribution is 5.95. The standard InChI is InChI=1S/C9H12N2.CH2O2/c1-6-3-7(2)5-8(4-6)9(10)11;2-1-3/h3-5H,1-2H3,(H3,10,11);1H,(H,2,3). The summed E-state index contributed by atoms with van der Waals surface area (Å²) in [6, 6.07) is 5.89. The normalized spacial score (nSPS) is 8.43. The highest BCUT2D eigenvalue weighted by Crippen LogP contribution is 2.07. The van der Waals surface area contributed by atoms with E-state index in [-0.39, 0.29) is 12.3 Å². The van der Waals surface area contributed by atoms with E-state index in [2.05, 4.69) is 6.07 Å². The Morgan fingerprint density at radius 2 is 1.71 bits per heavy atom. The maximum atomic E-state index is 8.36. The van der Waals surface area contributed by atoms with E-state index in [9.17, 15) is 0 Å². The minimum atomic E-state index is -0.250. The zero-order valence-electron chi connectivity index (χ0n) is 8.24. The molecule has 0 aliphatic carbocycles. The molecule has 1 rings (SSSR count). The minimum Gasteiger partial charge on any atom is -0.483 e. The van der Waals surface area contributed by atoms with Crippen LogP contribution in [0.1, 0.15) is 16.7 Å². The number of hydrogen-bond donors (Lipinski definition) is 3. The maximum absolute atomic E-state index is 8.36. The van der Waals surface area contributed by atoms with E-state index in [0.29, 0.717) is 0 Å². The zero-order chi connectivity index (χ0) is 11.1.